The first-order chi connectivity index (χ1) is 18.6. The summed E-state index contributed by atoms with van der Waals surface area (Å²) >= 11 is 0. The Morgan fingerprint density at radius 1 is 1.15 bits per heavy atom. The zero-order valence-electron chi connectivity index (χ0n) is 23.4. The average Bonchev–Trinajstić information content (AvgIpc) is 3.49. The highest BCUT2D eigenvalue weighted by Crippen LogP contribution is 2.47. The van der Waals surface area contributed by atoms with E-state index < -0.39 is 11.7 Å². The van der Waals surface area contributed by atoms with Gasteiger partial charge in [0.15, 0.2) is 17.1 Å². The molecule has 0 atom stereocenters. The number of carbonyl (C=O) groups is 1. The van der Waals surface area contributed by atoms with Crippen LogP contribution in [0, 0.1) is 5.92 Å². The maximum atomic E-state index is 12.4. The number of aromatic nitrogens is 4. The number of nitrogens with two attached hydrogens (primary N) is 1. The Kier molecular flexibility index (Phi) is 7.50. The molecule has 0 spiro atoms. The largest absolute Gasteiger partial charge is 0.453 e. The van der Waals surface area contributed by atoms with Gasteiger partial charge in [-0.1, -0.05) is 0 Å². The van der Waals surface area contributed by atoms with E-state index in [2.05, 4.69) is 39.2 Å². The Labute approximate surface area is 228 Å². The highest BCUT2D eigenvalue weighted by Gasteiger charge is 2.29. The van der Waals surface area contributed by atoms with Crippen LogP contribution >= 0.6 is 0 Å². The Balaban J connectivity index is 1.39. The van der Waals surface area contributed by atoms with Gasteiger partial charge >= 0.3 is 6.09 Å². The molecule has 1 saturated heterocycles. The van der Waals surface area contributed by atoms with E-state index in [1.807, 2.05) is 10.7 Å². The first-order valence-corrected chi connectivity index (χ1v) is 13.4. The van der Waals surface area contributed by atoms with Gasteiger partial charge in [0.2, 0.25) is 6.79 Å². The average molecular weight is 539 g/mol. The maximum absolute atomic E-state index is 12.4. The number of rotatable bonds is 7. The van der Waals surface area contributed by atoms with E-state index in [9.17, 15) is 4.79 Å². The Morgan fingerprint density at radius 3 is 2.62 bits per heavy atom. The minimum absolute atomic E-state index is 0.0176. The van der Waals surface area contributed by atoms with Gasteiger partial charge in [-0.05, 0) is 78.8 Å². The summed E-state index contributed by atoms with van der Waals surface area (Å²) in [6.45, 7) is 10.3. The lowest BCUT2D eigenvalue weighted by atomic mass is 9.96. The van der Waals surface area contributed by atoms with Crippen LogP contribution in [0.25, 0.3) is 22.3 Å². The van der Waals surface area contributed by atoms with Gasteiger partial charge in [0.05, 0.1) is 17.6 Å². The summed E-state index contributed by atoms with van der Waals surface area (Å²) in [7, 11) is 4.27. The molecular weight excluding hydrogens is 500 g/mol. The molecule has 2 aliphatic rings. The summed E-state index contributed by atoms with van der Waals surface area (Å²) in [5.74, 6) is 1.98. The zero-order valence-corrected chi connectivity index (χ0v) is 23.4. The van der Waals surface area contributed by atoms with Crippen molar-refractivity contribution in [2.75, 3.05) is 58.1 Å². The molecule has 39 heavy (non-hydrogen) atoms. The summed E-state index contributed by atoms with van der Waals surface area (Å²) in [6, 6.07) is 3.57. The van der Waals surface area contributed by atoms with Gasteiger partial charge in [0.1, 0.15) is 23.4 Å². The lowest BCUT2D eigenvalue weighted by Crippen LogP contribution is -2.38. The first kappa shape index (κ1) is 26.9. The number of hydrogen-bond donors (Lipinski definition) is 2. The van der Waals surface area contributed by atoms with E-state index in [1.54, 1.807) is 26.8 Å². The standard InChI is InChI=1S/C27H38N8O4/c1-27(2,3)39-26(36)31-19-7-6-18(22-23(19)38-16-37-22)21-20-24(28)29-15-30-25(20)35(32-21)13-12-34-10-8-17(9-11-34)14-33(4)5/h6-7,15,17H,8-14,16H2,1-5H3,(H,31,36)(H2,28,29,30). The fraction of sp³-hybridized carbons (Fsp3) is 0.556. The molecule has 2 aliphatic heterocycles. The minimum atomic E-state index is -0.629. The van der Waals surface area contributed by atoms with Crippen molar-refractivity contribution in [3.8, 4) is 22.8 Å². The molecule has 5 rings (SSSR count). The number of likely N-dealkylation sites (tertiary alicyclic amines) is 1. The van der Waals surface area contributed by atoms with Crippen molar-refractivity contribution in [2.45, 2.75) is 45.8 Å². The number of hydrogen-bond acceptors (Lipinski definition) is 10. The smallest absolute Gasteiger partial charge is 0.412 e. The first-order valence-electron chi connectivity index (χ1n) is 13.4. The van der Waals surface area contributed by atoms with Gasteiger partial charge < -0.3 is 29.7 Å². The lowest BCUT2D eigenvalue weighted by molar-refractivity contribution is 0.0635. The molecule has 4 heterocycles. The van der Waals surface area contributed by atoms with Crippen molar-refractivity contribution < 1.29 is 19.0 Å². The normalized spacial score (nSPS) is 16.3. The van der Waals surface area contributed by atoms with Crippen LogP contribution in [0.15, 0.2) is 18.5 Å². The summed E-state index contributed by atoms with van der Waals surface area (Å²) < 4.78 is 18.9. The zero-order chi connectivity index (χ0) is 27.7. The number of fused-ring (bicyclic) bond motifs is 2. The molecule has 0 unspecified atom stereocenters. The van der Waals surface area contributed by atoms with Gasteiger partial charge in [-0.2, -0.15) is 5.10 Å². The number of anilines is 2. The van der Waals surface area contributed by atoms with E-state index in [0.717, 1.165) is 32.1 Å². The molecule has 3 aromatic rings. The van der Waals surface area contributed by atoms with Gasteiger partial charge in [0.25, 0.3) is 0 Å². The highest BCUT2D eigenvalue weighted by atomic mass is 16.7. The molecule has 1 fully saturated rings. The number of piperidine rings is 1. The van der Waals surface area contributed by atoms with Crippen molar-refractivity contribution in [1.82, 2.24) is 29.5 Å². The molecule has 210 valence electrons. The van der Waals surface area contributed by atoms with Crippen LogP contribution in [0.1, 0.15) is 33.6 Å². The number of ether oxygens (including phenoxy) is 3. The van der Waals surface area contributed by atoms with E-state index >= 15 is 0 Å². The molecule has 1 aromatic carbocycles. The van der Waals surface area contributed by atoms with Gasteiger partial charge in [-0.3, -0.25) is 5.32 Å². The second-order valence-corrected chi connectivity index (χ2v) is 11.4. The van der Waals surface area contributed by atoms with Crippen molar-refractivity contribution in [2.24, 2.45) is 5.92 Å². The van der Waals surface area contributed by atoms with Crippen LogP contribution in [0.2, 0.25) is 0 Å². The van der Waals surface area contributed by atoms with Crippen LogP contribution in [0.5, 0.6) is 11.5 Å². The summed E-state index contributed by atoms with van der Waals surface area (Å²) in [5.41, 5.74) is 8.12. The third-order valence-corrected chi connectivity index (χ3v) is 6.93. The number of nitrogen functional groups attached to an aromatic ring is 1. The Hall–Kier alpha value is -3.64. The van der Waals surface area contributed by atoms with Crippen molar-refractivity contribution in [1.29, 1.82) is 0 Å². The molecule has 12 heteroatoms. The fourth-order valence-electron chi connectivity index (χ4n) is 5.22. The SMILES string of the molecule is CN(C)CC1CCN(CCn2nc(-c3ccc(NC(=O)OC(C)(C)C)c4c3OCO4)c3c(N)ncnc32)CC1. The third-order valence-electron chi connectivity index (χ3n) is 6.93. The summed E-state index contributed by atoms with van der Waals surface area (Å²) in [5, 5.41) is 8.34. The van der Waals surface area contributed by atoms with Gasteiger partial charge in [-0.25, -0.2) is 19.4 Å². The van der Waals surface area contributed by atoms with E-state index in [4.69, 9.17) is 25.0 Å². The monoisotopic (exact) mass is 538 g/mol. The molecule has 3 N–H and O–H groups in total. The highest BCUT2D eigenvalue weighted by molar-refractivity contribution is 6.01. The van der Waals surface area contributed by atoms with Crippen LogP contribution < -0.4 is 20.5 Å². The summed E-state index contributed by atoms with van der Waals surface area (Å²) in [4.78, 5) is 25.9. The predicted molar refractivity (Wildman–Crippen MR) is 149 cm³/mol. The van der Waals surface area contributed by atoms with Gasteiger partial charge in [-0.15, -0.1) is 0 Å². The van der Waals surface area contributed by atoms with Crippen LogP contribution in [-0.2, 0) is 11.3 Å². The van der Waals surface area contributed by atoms with E-state index in [0.29, 0.717) is 51.8 Å². The van der Waals surface area contributed by atoms with Crippen molar-refractivity contribution in [3.05, 3.63) is 18.5 Å². The van der Waals surface area contributed by atoms with Crippen LogP contribution in [0.4, 0.5) is 16.3 Å². The number of carbonyl (C=O) groups excluding carboxylic acids is 1. The van der Waals surface area contributed by atoms with Crippen LogP contribution in [-0.4, -0.2) is 88.3 Å². The quantitative estimate of drug-likeness (QED) is 0.461. The number of nitrogens with zero attached hydrogens (tertiary/aromatic N) is 6. The number of nitrogens with one attached hydrogen (secondary N) is 1. The molecular formula is C27H38N8O4. The predicted octanol–water partition coefficient (Wildman–Crippen LogP) is 3.42. The molecule has 2 aromatic heterocycles. The fourth-order valence-corrected chi connectivity index (χ4v) is 5.22. The summed E-state index contributed by atoms with van der Waals surface area (Å²) in [6.07, 6.45) is 3.28. The van der Waals surface area contributed by atoms with Crippen molar-refractivity contribution >= 4 is 28.6 Å². The molecule has 0 bridgehead atoms. The maximum Gasteiger partial charge on any atom is 0.412 e. The molecule has 1 amide bonds. The van der Waals surface area contributed by atoms with Crippen molar-refractivity contribution in [3.63, 3.8) is 0 Å². The Bertz CT molecular complexity index is 1340. The molecule has 12 nitrogen and oxygen atoms in total. The number of amides is 1. The second-order valence-electron chi connectivity index (χ2n) is 11.4. The van der Waals surface area contributed by atoms with E-state index in [1.165, 1.54) is 19.2 Å². The number of benzene rings is 1. The van der Waals surface area contributed by atoms with Gasteiger partial charge in [0, 0.05) is 18.7 Å². The van der Waals surface area contributed by atoms with E-state index in [-0.39, 0.29) is 6.79 Å². The minimum Gasteiger partial charge on any atom is -0.453 e. The molecule has 0 saturated carbocycles. The third kappa shape index (κ3) is 6.01. The molecule has 0 radical (unpaired) electrons. The van der Waals surface area contributed by atoms with Crippen LogP contribution in [0.3, 0.4) is 0 Å². The second kappa shape index (κ2) is 10.9. The topological polar surface area (TPSA) is 133 Å². The lowest BCUT2D eigenvalue weighted by Gasteiger charge is -2.33. The Morgan fingerprint density at radius 2 is 1.90 bits per heavy atom. The molecule has 0 aliphatic carbocycles.